The minimum atomic E-state index is 0.746. The highest BCUT2D eigenvalue weighted by Crippen LogP contribution is 2.17. The summed E-state index contributed by atoms with van der Waals surface area (Å²) < 4.78 is 0. The molecule has 1 saturated heterocycles. The average molecular weight is 366 g/mol. The van der Waals surface area contributed by atoms with E-state index in [9.17, 15) is 0 Å². The molecule has 142 valence electrons. The zero-order valence-electron chi connectivity index (χ0n) is 16.4. The first-order chi connectivity index (χ1) is 12.1. The molecule has 1 aromatic heterocycles. The summed E-state index contributed by atoms with van der Waals surface area (Å²) in [4.78, 5) is 13.2. The number of hydrogen-bond donors (Lipinski definition) is 2. The van der Waals surface area contributed by atoms with Crippen LogP contribution in [0, 0.1) is 13.8 Å². The van der Waals surface area contributed by atoms with Gasteiger partial charge in [-0.2, -0.15) is 0 Å². The third-order valence-electron chi connectivity index (χ3n) is 4.80. The highest BCUT2D eigenvalue weighted by molar-refractivity contribution is 7.11. The van der Waals surface area contributed by atoms with Gasteiger partial charge in [0.1, 0.15) is 0 Å². The summed E-state index contributed by atoms with van der Waals surface area (Å²) in [5.74, 6) is 0.938. The fourth-order valence-electron chi connectivity index (χ4n) is 3.40. The number of thiazole rings is 1. The Morgan fingerprint density at radius 2 is 2.16 bits per heavy atom. The van der Waals surface area contributed by atoms with Crippen LogP contribution < -0.4 is 10.6 Å². The van der Waals surface area contributed by atoms with Crippen LogP contribution in [0.2, 0.25) is 0 Å². The zero-order chi connectivity index (χ0) is 18.1. The Morgan fingerprint density at radius 3 is 2.84 bits per heavy atom. The van der Waals surface area contributed by atoms with Crippen LogP contribution in [0.3, 0.4) is 0 Å². The Hall–Kier alpha value is -1.14. The van der Waals surface area contributed by atoms with E-state index in [0.717, 1.165) is 49.5 Å². The predicted octanol–water partition coefficient (Wildman–Crippen LogP) is 3.12. The Labute approximate surface area is 157 Å². The molecule has 2 heterocycles. The number of rotatable bonds is 8. The van der Waals surface area contributed by atoms with E-state index in [1.807, 2.05) is 0 Å². The molecule has 0 radical (unpaired) electrons. The normalized spacial score (nSPS) is 19.2. The first-order valence-corrected chi connectivity index (χ1v) is 10.6. The van der Waals surface area contributed by atoms with Crippen molar-refractivity contribution in [3.8, 4) is 0 Å². The molecule has 0 saturated carbocycles. The van der Waals surface area contributed by atoms with Crippen LogP contribution in [0.5, 0.6) is 0 Å². The fraction of sp³-hybridized carbons (Fsp3) is 0.789. The van der Waals surface area contributed by atoms with Gasteiger partial charge in [0.25, 0.3) is 0 Å². The molecule has 0 aliphatic carbocycles. The highest BCUT2D eigenvalue weighted by Gasteiger charge is 2.16. The van der Waals surface area contributed by atoms with E-state index in [2.05, 4.69) is 48.2 Å². The molecule has 1 fully saturated rings. The number of aryl methyl sites for hydroxylation is 2. The fourth-order valence-corrected chi connectivity index (χ4v) is 4.33. The van der Waals surface area contributed by atoms with Gasteiger partial charge in [0.15, 0.2) is 5.96 Å². The van der Waals surface area contributed by atoms with E-state index in [1.165, 1.54) is 42.9 Å². The van der Waals surface area contributed by atoms with Gasteiger partial charge in [-0.15, -0.1) is 11.3 Å². The van der Waals surface area contributed by atoms with Crippen LogP contribution in [0.25, 0.3) is 0 Å². The zero-order valence-corrected chi connectivity index (χ0v) is 17.2. The van der Waals surface area contributed by atoms with Crippen molar-refractivity contribution >= 4 is 17.3 Å². The van der Waals surface area contributed by atoms with Crippen LogP contribution in [0.1, 0.15) is 55.1 Å². The Balaban J connectivity index is 1.71. The molecule has 1 aromatic rings. The van der Waals surface area contributed by atoms with Crippen molar-refractivity contribution in [3.63, 3.8) is 0 Å². The van der Waals surface area contributed by atoms with E-state index < -0.39 is 0 Å². The second-order valence-electron chi connectivity index (χ2n) is 6.91. The first kappa shape index (κ1) is 20.2. The molecule has 2 rings (SSSR count). The second-order valence-corrected chi connectivity index (χ2v) is 8.20. The van der Waals surface area contributed by atoms with Gasteiger partial charge in [-0.25, -0.2) is 4.98 Å². The summed E-state index contributed by atoms with van der Waals surface area (Å²) in [6.07, 6.45) is 6.24. The summed E-state index contributed by atoms with van der Waals surface area (Å²) in [5, 5.41) is 7.96. The van der Waals surface area contributed by atoms with Gasteiger partial charge in [-0.05, 0) is 53.5 Å². The highest BCUT2D eigenvalue weighted by atomic mass is 32.1. The maximum Gasteiger partial charge on any atom is 0.191 e. The second kappa shape index (κ2) is 10.8. The van der Waals surface area contributed by atoms with Crippen molar-refractivity contribution in [2.75, 3.05) is 32.7 Å². The van der Waals surface area contributed by atoms with Crippen LogP contribution in [-0.2, 0) is 6.42 Å². The first-order valence-electron chi connectivity index (χ1n) is 9.79. The number of hydrogen-bond acceptors (Lipinski definition) is 4. The quantitative estimate of drug-likeness (QED) is 0.422. The molecular formula is C19H35N5S. The maximum absolute atomic E-state index is 4.74. The number of nitrogens with zero attached hydrogens (tertiary/aromatic N) is 3. The Bertz CT molecular complexity index is 540. The van der Waals surface area contributed by atoms with Crippen LogP contribution in [0.4, 0.5) is 0 Å². The molecule has 0 bridgehead atoms. The van der Waals surface area contributed by atoms with Gasteiger partial charge in [-0.1, -0.05) is 6.42 Å². The van der Waals surface area contributed by atoms with Gasteiger partial charge < -0.3 is 15.5 Å². The van der Waals surface area contributed by atoms with Crippen LogP contribution in [0.15, 0.2) is 4.99 Å². The van der Waals surface area contributed by atoms with Crippen molar-refractivity contribution in [1.29, 1.82) is 0 Å². The molecule has 1 aliphatic rings. The summed E-state index contributed by atoms with van der Waals surface area (Å²) >= 11 is 1.80. The van der Waals surface area contributed by atoms with E-state index >= 15 is 0 Å². The lowest BCUT2D eigenvalue weighted by Crippen LogP contribution is -2.39. The Morgan fingerprint density at radius 1 is 1.32 bits per heavy atom. The van der Waals surface area contributed by atoms with Gasteiger partial charge in [0.05, 0.1) is 10.7 Å². The minimum absolute atomic E-state index is 0.746. The molecule has 2 N–H and O–H groups in total. The largest absolute Gasteiger partial charge is 0.357 e. The average Bonchev–Trinajstić information content (AvgIpc) is 2.90. The lowest BCUT2D eigenvalue weighted by atomic mass is 10.0. The lowest BCUT2D eigenvalue weighted by molar-refractivity contribution is 0.160. The number of nitrogens with one attached hydrogen (secondary N) is 2. The van der Waals surface area contributed by atoms with Crippen molar-refractivity contribution < 1.29 is 0 Å². The number of likely N-dealkylation sites (tertiary alicyclic amines) is 1. The molecule has 25 heavy (non-hydrogen) atoms. The molecule has 0 aromatic carbocycles. The smallest absolute Gasteiger partial charge is 0.191 e. The molecule has 1 atom stereocenters. The van der Waals surface area contributed by atoms with Gasteiger partial charge >= 0.3 is 0 Å². The standard InChI is InChI=1S/C19H35N5S/c1-5-20-19(22-12-10-18-16(3)23-17(4)25-18)21-11-8-14-24-13-7-6-9-15(24)2/h15H,5-14H2,1-4H3,(H2,20,21,22). The third-order valence-corrected chi connectivity index (χ3v) is 5.93. The van der Waals surface area contributed by atoms with Crippen LogP contribution >= 0.6 is 11.3 Å². The molecular weight excluding hydrogens is 330 g/mol. The van der Waals surface area contributed by atoms with E-state index in [0.29, 0.717) is 0 Å². The predicted molar refractivity (Wildman–Crippen MR) is 109 cm³/mol. The number of piperidine rings is 1. The van der Waals surface area contributed by atoms with E-state index in [-0.39, 0.29) is 0 Å². The van der Waals surface area contributed by atoms with E-state index in [1.54, 1.807) is 11.3 Å². The number of aliphatic imine (C=N–C) groups is 1. The monoisotopic (exact) mass is 365 g/mol. The van der Waals surface area contributed by atoms with Gasteiger partial charge in [0, 0.05) is 43.5 Å². The van der Waals surface area contributed by atoms with Gasteiger partial charge in [-0.3, -0.25) is 4.99 Å². The van der Waals surface area contributed by atoms with Crippen molar-refractivity contribution in [3.05, 3.63) is 15.6 Å². The maximum atomic E-state index is 4.74. The Kier molecular flexibility index (Phi) is 8.68. The number of aromatic nitrogens is 1. The SMILES string of the molecule is CCNC(=NCCCN1CCCCC1C)NCCc1sc(C)nc1C. The summed E-state index contributed by atoms with van der Waals surface area (Å²) in [7, 11) is 0. The topological polar surface area (TPSA) is 52.6 Å². The van der Waals surface area contributed by atoms with Crippen molar-refractivity contribution in [1.82, 2.24) is 20.5 Å². The summed E-state index contributed by atoms with van der Waals surface area (Å²) in [6.45, 7) is 13.8. The number of guanidine groups is 1. The molecule has 1 aliphatic heterocycles. The molecule has 6 heteroatoms. The van der Waals surface area contributed by atoms with Crippen molar-refractivity contribution in [2.45, 2.75) is 65.8 Å². The summed E-state index contributed by atoms with van der Waals surface area (Å²) in [5.41, 5.74) is 1.17. The minimum Gasteiger partial charge on any atom is -0.357 e. The van der Waals surface area contributed by atoms with Crippen molar-refractivity contribution in [2.24, 2.45) is 4.99 Å². The van der Waals surface area contributed by atoms with Gasteiger partial charge in [0.2, 0.25) is 0 Å². The lowest BCUT2D eigenvalue weighted by Gasteiger charge is -2.33. The molecule has 5 nitrogen and oxygen atoms in total. The molecule has 1 unspecified atom stereocenters. The third kappa shape index (κ3) is 6.94. The summed E-state index contributed by atoms with van der Waals surface area (Å²) in [6, 6.07) is 0.746. The van der Waals surface area contributed by atoms with Crippen LogP contribution in [-0.4, -0.2) is 54.6 Å². The molecule has 0 spiro atoms. The molecule has 0 amide bonds. The van der Waals surface area contributed by atoms with E-state index in [4.69, 9.17) is 4.99 Å².